The smallest absolute Gasteiger partial charge is 0.266 e. The second-order valence-corrected chi connectivity index (χ2v) is 7.05. The zero-order valence-corrected chi connectivity index (χ0v) is 16.2. The SMILES string of the molecule is CCc1ccc(NC(=O)c2ccc3c(c2)C(=O)N(c2ccc(C)cc2)C3=O)cc1. The third-order valence-corrected chi connectivity index (χ3v) is 5.06. The van der Waals surface area contributed by atoms with Crippen LogP contribution in [0.4, 0.5) is 11.4 Å². The summed E-state index contributed by atoms with van der Waals surface area (Å²) in [6, 6.07) is 19.4. The van der Waals surface area contributed by atoms with Crippen molar-refractivity contribution in [1.29, 1.82) is 0 Å². The van der Waals surface area contributed by atoms with Crippen LogP contribution in [-0.2, 0) is 6.42 Å². The summed E-state index contributed by atoms with van der Waals surface area (Å²) < 4.78 is 0. The lowest BCUT2D eigenvalue weighted by Crippen LogP contribution is -2.29. The van der Waals surface area contributed by atoms with Gasteiger partial charge in [0.05, 0.1) is 16.8 Å². The molecule has 5 nitrogen and oxygen atoms in total. The van der Waals surface area contributed by atoms with E-state index in [0.29, 0.717) is 22.5 Å². The van der Waals surface area contributed by atoms with Gasteiger partial charge >= 0.3 is 0 Å². The molecule has 0 unspecified atom stereocenters. The summed E-state index contributed by atoms with van der Waals surface area (Å²) in [6.07, 6.45) is 0.923. The van der Waals surface area contributed by atoms with Crippen LogP contribution in [0.15, 0.2) is 66.7 Å². The van der Waals surface area contributed by atoms with Gasteiger partial charge in [-0.2, -0.15) is 0 Å². The Bertz CT molecular complexity index is 1120. The third kappa shape index (κ3) is 3.43. The number of hydrogen-bond acceptors (Lipinski definition) is 3. The first-order chi connectivity index (χ1) is 14.0. The van der Waals surface area contributed by atoms with Gasteiger partial charge in [0.15, 0.2) is 0 Å². The molecule has 3 aromatic rings. The molecule has 4 rings (SSSR count). The second-order valence-electron chi connectivity index (χ2n) is 7.05. The molecule has 0 aromatic heterocycles. The number of carbonyl (C=O) groups excluding carboxylic acids is 3. The van der Waals surface area contributed by atoms with Crippen LogP contribution in [0.3, 0.4) is 0 Å². The van der Waals surface area contributed by atoms with Gasteiger partial charge in [-0.05, 0) is 61.4 Å². The molecule has 1 heterocycles. The number of carbonyl (C=O) groups is 3. The molecule has 1 N–H and O–H groups in total. The highest BCUT2D eigenvalue weighted by Gasteiger charge is 2.37. The molecular formula is C24H20N2O3. The zero-order valence-electron chi connectivity index (χ0n) is 16.2. The fourth-order valence-corrected chi connectivity index (χ4v) is 3.34. The van der Waals surface area contributed by atoms with E-state index in [1.54, 1.807) is 24.3 Å². The van der Waals surface area contributed by atoms with E-state index in [9.17, 15) is 14.4 Å². The quantitative estimate of drug-likeness (QED) is 0.668. The number of nitrogens with zero attached hydrogens (tertiary/aromatic N) is 1. The Morgan fingerprint density at radius 1 is 0.862 bits per heavy atom. The molecule has 0 saturated heterocycles. The average molecular weight is 384 g/mol. The van der Waals surface area contributed by atoms with E-state index in [2.05, 4.69) is 12.2 Å². The normalized spacial score (nSPS) is 12.8. The second kappa shape index (κ2) is 7.36. The monoisotopic (exact) mass is 384 g/mol. The van der Waals surface area contributed by atoms with Gasteiger partial charge < -0.3 is 5.32 Å². The van der Waals surface area contributed by atoms with Gasteiger partial charge in [-0.3, -0.25) is 14.4 Å². The van der Waals surface area contributed by atoms with Crippen molar-refractivity contribution >= 4 is 29.1 Å². The Kier molecular flexibility index (Phi) is 4.72. The molecule has 144 valence electrons. The van der Waals surface area contributed by atoms with Crippen LogP contribution in [0.25, 0.3) is 0 Å². The summed E-state index contributed by atoms with van der Waals surface area (Å²) in [4.78, 5) is 39.4. The van der Waals surface area contributed by atoms with Crippen LogP contribution in [0.5, 0.6) is 0 Å². The highest BCUT2D eigenvalue weighted by atomic mass is 16.2. The average Bonchev–Trinajstić information content (AvgIpc) is 2.99. The van der Waals surface area contributed by atoms with Crippen LogP contribution in [0, 0.1) is 6.92 Å². The van der Waals surface area contributed by atoms with Gasteiger partial charge in [0.1, 0.15) is 0 Å². The van der Waals surface area contributed by atoms with Crippen molar-refractivity contribution < 1.29 is 14.4 Å². The fraction of sp³-hybridized carbons (Fsp3) is 0.125. The van der Waals surface area contributed by atoms with E-state index >= 15 is 0 Å². The minimum Gasteiger partial charge on any atom is -0.322 e. The van der Waals surface area contributed by atoms with Gasteiger partial charge in [-0.1, -0.05) is 36.8 Å². The first kappa shape index (κ1) is 18.6. The molecule has 3 aromatic carbocycles. The molecule has 0 radical (unpaired) electrons. The first-order valence-corrected chi connectivity index (χ1v) is 9.47. The van der Waals surface area contributed by atoms with Gasteiger partial charge in [0, 0.05) is 11.3 Å². The number of fused-ring (bicyclic) bond motifs is 1. The van der Waals surface area contributed by atoms with E-state index in [4.69, 9.17) is 0 Å². The summed E-state index contributed by atoms with van der Waals surface area (Å²) in [5, 5.41) is 2.83. The number of imide groups is 1. The summed E-state index contributed by atoms with van der Waals surface area (Å²) in [5.41, 5.74) is 4.29. The van der Waals surface area contributed by atoms with Crippen LogP contribution in [-0.4, -0.2) is 17.7 Å². The van der Waals surface area contributed by atoms with Crippen LogP contribution in [0.2, 0.25) is 0 Å². The lowest BCUT2D eigenvalue weighted by molar-refractivity contribution is 0.0925. The molecule has 3 amide bonds. The third-order valence-electron chi connectivity index (χ3n) is 5.06. The van der Waals surface area contributed by atoms with Gasteiger partial charge in [-0.25, -0.2) is 4.90 Å². The molecule has 0 aliphatic carbocycles. The van der Waals surface area contributed by atoms with E-state index in [1.165, 1.54) is 11.6 Å². The van der Waals surface area contributed by atoms with Crippen molar-refractivity contribution in [1.82, 2.24) is 0 Å². The predicted octanol–water partition coefficient (Wildman–Crippen LogP) is 4.61. The minimum absolute atomic E-state index is 0.240. The van der Waals surface area contributed by atoms with Crippen molar-refractivity contribution in [2.75, 3.05) is 10.2 Å². The number of rotatable bonds is 4. The van der Waals surface area contributed by atoms with Gasteiger partial charge in [0.2, 0.25) is 0 Å². The summed E-state index contributed by atoms with van der Waals surface area (Å²) >= 11 is 0. The van der Waals surface area contributed by atoms with E-state index in [-0.39, 0.29) is 17.4 Å². The number of amides is 3. The van der Waals surface area contributed by atoms with Gasteiger partial charge in [-0.15, -0.1) is 0 Å². The molecule has 0 spiro atoms. The number of anilines is 2. The summed E-state index contributed by atoms with van der Waals surface area (Å²) in [5.74, 6) is -1.13. The Balaban J connectivity index is 1.59. The molecular weight excluding hydrogens is 364 g/mol. The Labute approximate surface area is 169 Å². The maximum absolute atomic E-state index is 12.9. The number of hydrogen-bond donors (Lipinski definition) is 1. The maximum Gasteiger partial charge on any atom is 0.266 e. The predicted molar refractivity (Wildman–Crippen MR) is 113 cm³/mol. The van der Waals surface area contributed by atoms with E-state index in [0.717, 1.165) is 16.9 Å². The van der Waals surface area contributed by atoms with Crippen LogP contribution >= 0.6 is 0 Å². The molecule has 0 atom stereocenters. The van der Waals surface area contributed by atoms with Crippen LogP contribution in [0.1, 0.15) is 49.1 Å². The van der Waals surface area contributed by atoms with E-state index < -0.39 is 5.91 Å². The summed E-state index contributed by atoms with van der Waals surface area (Å²) in [6.45, 7) is 4.00. The largest absolute Gasteiger partial charge is 0.322 e. The Morgan fingerprint density at radius 3 is 2.17 bits per heavy atom. The molecule has 0 fully saturated rings. The topological polar surface area (TPSA) is 66.5 Å². The number of benzene rings is 3. The maximum atomic E-state index is 12.9. The standard InChI is InChI=1S/C24H20N2O3/c1-3-16-6-9-18(10-7-16)25-22(27)17-8-13-20-21(14-17)24(29)26(23(20)28)19-11-4-15(2)5-12-19/h4-14H,3H2,1-2H3,(H,25,27). The van der Waals surface area contributed by atoms with E-state index in [1.807, 2.05) is 43.3 Å². The lowest BCUT2D eigenvalue weighted by atomic mass is 10.1. The van der Waals surface area contributed by atoms with Crippen molar-refractivity contribution in [3.8, 4) is 0 Å². The molecule has 1 aliphatic heterocycles. The Hall–Kier alpha value is -3.73. The highest BCUT2D eigenvalue weighted by Crippen LogP contribution is 2.29. The molecule has 29 heavy (non-hydrogen) atoms. The number of aryl methyl sites for hydroxylation is 2. The molecule has 1 aliphatic rings. The number of nitrogens with one attached hydrogen (secondary N) is 1. The van der Waals surface area contributed by atoms with Crippen molar-refractivity contribution in [2.45, 2.75) is 20.3 Å². The fourth-order valence-electron chi connectivity index (χ4n) is 3.34. The lowest BCUT2D eigenvalue weighted by Gasteiger charge is -2.13. The van der Waals surface area contributed by atoms with Crippen LogP contribution < -0.4 is 10.2 Å². The molecule has 5 heteroatoms. The summed E-state index contributed by atoms with van der Waals surface area (Å²) in [7, 11) is 0. The van der Waals surface area contributed by atoms with Crippen molar-refractivity contribution in [2.24, 2.45) is 0 Å². The van der Waals surface area contributed by atoms with Crippen molar-refractivity contribution in [3.05, 3.63) is 94.5 Å². The molecule has 0 bridgehead atoms. The highest BCUT2D eigenvalue weighted by molar-refractivity contribution is 6.34. The first-order valence-electron chi connectivity index (χ1n) is 9.47. The van der Waals surface area contributed by atoms with Gasteiger partial charge in [0.25, 0.3) is 17.7 Å². The Morgan fingerprint density at radius 2 is 1.52 bits per heavy atom. The van der Waals surface area contributed by atoms with Crippen molar-refractivity contribution in [3.63, 3.8) is 0 Å². The molecule has 0 saturated carbocycles. The minimum atomic E-state index is -0.421. The zero-order chi connectivity index (χ0) is 20.5.